The molecule has 1 aliphatic rings. The SMILES string of the molecule is CCOC(=O)N1CCC[C@@H](N=C=S)C1. The number of rotatable bonds is 2. The molecule has 0 aromatic rings. The minimum Gasteiger partial charge on any atom is -0.450 e. The van der Waals surface area contributed by atoms with Crippen molar-refractivity contribution in [1.82, 2.24) is 4.90 Å². The zero-order valence-corrected chi connectivity index (χ0v) is 9.05. The average Bonchev–Trinajstić information content (AvgIpc) is 2.19. The summed E-state index contributed by atoms with van der Waals surface area (Å²) in [5.41, 5.74) is 0. The number of piperidine rings is 1. The molecule has 0 saturated carbocycles. The van der Waals surface area contributed by atoms with Crippen LogP contribution < -0.4 is 0 Å². The summed E-state index contributed by atoms with van der Waals surface area (Å²) >= 11 is 4.54. The first-order valence-corrected chi connectivity index (χ1v) is 5.17. The van der Waals surface area contributed by atoms with Gasteiger partial charge in [0.2, 0.25) is 0 Å². The normalized spacial score (nSPS) is 21.2. The monoisotopic (exact) mass is 214 g/mol. The number of aliphatic imine (C=N–C) groups is 1. The Balaban J connectivity index is 2.46. The van der Waals surface area contributed by atoms with Gasteiger partial charge in [-0.25, -0.2) is 9.79 Å². The summed E-state index contributed by atoms with van der Waals surface area (Å²) < 4.78 is 4.91. The van der Waals surface area contributed by atoms with Gasteiger partial charge in [0.05, 0.1) is 17.8 Å². The Morgan fingerprint density at radius 2 is 2.57 bits per heavy atom. The number of hydrogen-bond donors (Lipinski definition) is 0. The van der Waals surface area contributed by atoms with Gasteiger partial charge in [0.25, 0.3) is 0 Å². The van der Waals surface area contributed by atoms with Crippen LogP contribution in [0.15, 0.2) is 4.99 Å². The Hall–Kier alpha value is -0.930. The maximum Gasteiger partial charge on any atom is 0.409 e. The van der Waals surface area contributed by atoms with Gasteiger partial charge in [-0.15, -0.1) is 0 Å². The fraction of sp³-hybridized carbons (Fsp3) is 0.778. The summed E-state index contributed by atoms with van der Waals surface area (Å²) in [6, 6.07) is 0.102. The summed E-state index contributed by atoms with van der Waals surface area (Å²) in [7, 11) is 0. The number of carbonyl (C=O) groups excluding carboxylic acids is 1. The van der Waals surface area contributed by atoms with Crippen LogP contribution in [0, 0.1) is 0 Å². The van der Waals surface area contributed by atoms with Crippen molar-refractivity contribution in [3.63, 3.8) is 0 Å². The molecule has 5 heteroatoms. The Morgan fingerprint density at radius 3 is 3.21 bits per heavy atom. The molecule has 1 atom stereocenters. The molecule has 78 valence electrons. The third kappa shape index (κ3) is 3.09. The molecule has 0 N–H and O–H groups in total. The van der Waals surface area contributed by atoms with E-state index >= 15 is 0 Å². The van der Waals surface area contributed by atoms with Crippen molar-refractivity contribution in [3.05, 3.63) is 0 Å². The van der Waals surface area contributed by atoms with Gasteiger partial charge >= 0.3 is 6.09 Å². The number of likely N-dealkylation sites (tertiary alicyclic amines) is 1. The molecule has 0 aromatic carbocycles. The number of amides is 1. The van der Waals surface area contributed by atoms with Crippen molar-refractivity contribution in [2.45, 2.75) is 25.8 Å². The zero-order chi connectivity index (χ0) is 10.4. The lowest BCUT2D eigenvalue weighted by Gasteiger charge is -2.29. The van der Waals surface area contributed by atoms with Crippen LogP contribution in [-0.2, 0) is 4.74 Å². The van der Waals surface area contributed by atoms with Crippen molar-refractivity contribution in [2.75, 3.05) is 19.7 Å². The molecule has 1 amide bonds. The van der Waals surface area contributed by atoms with Crippen molar-refractivity contribution in [3.8, 4) is 0 Å². The van der Waals surface area contributed by atoms with Crippen LogP contribution in [0.25, 0.3) is 0 Å². The molecule has 0 aromatic heterocycles. The van der Waals surface area contributed by atoms with E-state index in [1.165, 1.54) is 0 Å². The predicted octanol–water partition coefficient (Wildman–Crippen LogP) is 1.71. The van der Waals surface area contributed by atoms with Crippen LogP contribution in [0.2, 0.25) is 0 Å². The summed E-state index contributed by atoms with van der Waals surface area (Å²) in [5, 5.41) is 2.36. The Labute approximate surface area is 88.9 Å². The Morgan fingerprint density at radius 1 is 1.79 bits per heavy atom. The third-order valence-corrected chi connectivity index (χ3v) is 2.26. The zero-order valence-electron chi connectivity index (χ0n) is 8.23. The molecule has 1 rings (SSSR count). The minimum absolute atomic E-state index is 0.102. The largest absolute Gasteiger partial charge is 0.450 e. The van der Waals surface area contributed by atoms with Gasteiger partial charge in [0.15, 0.2) is 0 Å². The first-order chi connectivity index (χ1) is 6.77. The molecule has 1 fully saturated rings. The van der Waals surface area contributed by atoms with E-state index in [0.717, 1.165) is 19.4 Å². The highest BCUT2D eigenvalue weighted by Crippen LogP contribution is 2.13. The molecule has 4 nitrogen and oxygen atoms in total. The second kappa shape index (κ2) is 5.73. The van der Waals surface area contributed by atoms with E-state index in [-0.39, 0.29) is 12.1 Å². The number of ether oxygens (including phenoxy) is 1. The van der Waals surface area contributed by atoms with Crippen LogP contribution in [0.3, 0.4) is 0 Å². The first-order valence-electron chi connectivity index (χ1n) is 4.76. The second-order valence-electron chi connectivity index (χ2n) is 3.16. The van der Waals surface area contributed by atoms with Gasteiger partial charge in [-0.1, -0.05) is 0 Å². The quantitative estimate of drug-likeness (QED) is 0.519. The molecule has 0 radical (unpaired) electrons. The Kier molecular flexibility index (Phi) is 4.56. The topological polar surface area (TPSA) is 41.9 Å². The molecule has 0 bridgehead atoms. The molecule has 1 heterocycles. The second-order valence-corrected chi connectivity index (χ2v) is 3.34. The van der Waals surface area contributed by atoms with E-state index in [2.05, 4.69) is 22.4 Å². The molecule has 1 aliphatic heterocycles. The Bertz CT molecular complexity index is 251. The molecular weight excluding hydrogens is 200 g/mol. The maximum absolute atomic E-state index is 11.4. The van der Waals surface area contributed by atoms with Crippen molar-refractivity contribution in [1.29, 1.82) is 0 Å². The minimum atomic E-state index is -0.253. The number of carbonyl (C=O) groups is 1. The first kappa shape index (κ1) is 11.1. The molecule has 0 spiro atoms. The van der Waals surface area contributed by atoms with Gasteiger partial charge in [0, 0.05) is 13.1 Å². The smallest absolute Gasteiger partial charge is 0.409 e. The van der Waals surface area contributed by atoms with Gasteiger partial charge in [-0.2, -0.15) is 0 Å². The molecule has 0 aliphatic carbocycles. The summed E-state index contributed by atoms with van der Waals surface area (Å²) in [5.74, 6) is 0. The van der Waals surface area contributed by atoms with Crippen LogP contribution in [0.1, 0.15) is 19.8 Å². The molecule has 14 heavy (non-hydrogen) atoms. The highest BCUT2D eigenvalue weighted by Gasteiger charge is 2.23. The number of isothiocyanates is 1. The van der Waals surface area contributed by atoms with E-state index in [1.807, 2.05) is 0 Å². The highest BCUT2D eigenvalue weighted by atomic mass is 32.1. The predicted molar refractivity (Wildman–Crippen MR) is 56.6 cm³/mol. The highest BCUT2D eigenvalue weighted by molar-refractivity contribution is 7.78. The van der Waals surface area contributed by atoms with Crippen molar-refractivity contribution < 1.29 is 9.53 Å². The lowest BCUT2D eigenvalue weighted by atomic mass is 10.1. The van der Waals surface area contributed by atoms with E-state index < -0.39 is 0 Å². The lowest BCUT2D eigenvalue weighted by molar-refractivity contribution is 0.0964. The fourth-order valence-electron chi connectivity index (χ4n) is 1.52. The van der Waals surface area contributed by atoms with Crippen molar-refractivity contribution in [2.24, 2.45) is 4.99 Å². The number of thiocarbonyl (C=S) groups is 1. The van der Waals surface area contributed by atoms with E-state index in [1.54, 1.807) is 11.8 Å². The third-order valence-electron chi connectivity index (χ3n) is 2.16. The van der Waals surface area contributed by atoms with E-state index in [9.17, 15) is 4.79 Å². The fourth-order valence-corrected chi connectivity index (χ4v) is 1.66. The van der Waals surface area contributed by atoms with Crippen LogP contribution >= 0.6 is 12.2 Å². The van der Waals surface area contributed by atoms with Crippen LogP contribution in [0.5, 0.6) is 0 Å². The molecule has 1 saturated heterocycles. The van der Waals surface area contributed by atoms with Crippen molar-refractivity contribution >= 4 is 23.5 Å². The summed E-state index contributed by atoms with van der Waals surface area (Å²) in [6.07, 6.45) is 1.67. The number of nitrogens with zero attached hydrogens (tertiary/aromatic N) is 2. The lowest BCUT2D eigenvalue weighted by Crippen LogP contribution is -2.41. The standard InChI is InChI=1S/C9H14N2O2S/c1-2-13-9(12)11-5-3-4-8(6-11)10-7-14/h8H,2-6H2,1H3/t8-/m1/s1. The summed E-state index contributed by atoms with van der Waals surface area (Å²) in [6.45, 7) is 3.57. The maximum atomic E-state index is 11.4. The van der Waals surface area contributed by atoms with Gasteiger partial charge < -0.3 is 9.64 Å². The van der Waals surface area contributed by atoms with Crippen LogP contribution in [0.4, 0.5) is 4.79 Å². The van der Waals surface area contributed by atoms with E-state index in [0.29, 0.717) is 13.2 Å². The van der Waals surface area contributed by atoms with Gasteiger partial charge in [0.1, 0.15) is 0 Å². The molecular formula is C9H14N2O2S. The molecule has 0 unspecified atom stereocenters. The van der Waals surface area contributed by atoms with Crippen LogP contribution in [-0.4, -0.2) is 41.9 Å². The van der Waals surface area contributed by atoms with E-state index in [4.69, 9.17) is 4.74 Å². The summed E-state index contributed by atoms with van der Waals surface area (Å²) in [4.78, 5) is 17.0. The number of hydrogen-bond acceptors (Lipinski definition) is 4. The van der Waals surface area contributed by atoms with Gasteiger partial charge in [-0.3, -0.25) is 0 Å². The van der Waals surface area contributed by atoms with Gasteiger partial charge in [-0.05, 0) is 32.0 Å². The average molecular weight is 214 g/mol.